The number of benzene rings is 3. The van der Waals surface area contributed by atoms with E-state index in [1.165, 1.54) is 41.3 Å². The number of carbonyl (C=O) groups is 2. The second-order valence-electron chi connectivity index (χ2n) is 9.05. The van der Waals surface area contributed by atoms with Crippen LogP contribution in [-0.4, -0.2) is 44.3 Å². The number of nitrogens with one attached hydrogen (secondary N) is 2. The van der Waals surface area contributed by atoms with Crippen LogP contribution in [0.5, 0.6) is 5.75 Å². The van der Waals surface area contributed by atoms with Crippen LogP contribution in [0.15, 0.2) is 83.8 Å². The number of amides is 2. The van der Waals surface area contributed by atoms with Gasteiger partial charge in [-0.25, -0.2) is 12.8 Å². The van der Waals surface area contributed by atoms with Crippen LogP contribution in [0.4, 0.5) is 10.1 Å². The smallest absolute Gasteiger partial charge is 0.261 e. The lowest BCUT2D eigenvalue weighted by Gasteiger charge is -2.28. The van der Waals surface area contributed by atoms with E-state index in [1.54, 1.807) is 6.92 Å². The van der Waals surface area contributed by atoms with Crippen molar-refractivity contribution in [3.05, 3.63) is 90.2 Å². The molecule has 0 aliphatic carbocycles. The Bertz CT molecular complexity index is 1320. The summed E-state index contributed by atoms with van der Waals surface area (Å²) in [7, 11) is -3.90. The van der Waals surface area contributed by atoms with Crippen molar-refractivity contribution in [2.75, 3.05) is 17.9 Å². The Morgan fingerprint density at radius 3 is 2.26 bits per heavy atom. The molecule has 0 fully saturated rings. The Morgan fingerprint density at radius 1 is 0.949 bits per heavy atom. The van der Waals surface area contributed by atoms with Gasteiger partial charge in [-0.2, -0.15) is 0 Å². The van der Waals surface area contributed by atoms with E-state index >= 15 is 0 Å². The predicted molar refractivity (Wildman–Crippen MR) is 148 cm³/mol. The second kappa shape index (κ2) is 14.3. The maximum atomic E-state index is 13.2. The number of hydrogen-bond acceptors (Lipinski definition) is 5. The third-order valence-corrected chi connectivity index (χ3v) is 7.43. The molecule has 0 radical (unpaired) electrons. The first-order valence-electron chi connectivity index (χ1n) is 12.8. The molecule has 0 bridgehead atoms. The van der Waals surface area contributed by atoms with E-state index in [4.69, 9.17) is 4.74 Å². The maximum absolute atomic E-state index is 13.2. The number of rotatable bonds is 14. The van der Waals surface area contributed by atoms with Gasteiger partial charge in [0.2, 0.25) is 5.91 Å². The van der Waals surface area contributed by atoms with Crippen molar-refractivity contribution in [1.82, 2.24) is 10.2 Å². The predicted octanol–water partition coefficient (Wildman–Crippen LogP) is 4.73. The van der Waals surface area contributed by atoms with E-state index in [2.05, 4.69) is 17.0 Å². The highest BCUT2D eigenvalue weighted by Gasteiger charge is 2.26. The summed E-state index contributed by atoms with van der Waals surface area (Å²) in [5, 5.41) is 2.90. The Balaban J connectivity index is 1.64. The van der Waals surface area contributed by atoms with Crippen LogP contribution in [0.3, 0.4) is 0 Å². The highest BCUT2D eigenvalue weighted by Crippen LogP contribution is 2.20. The van der Waals surface area contributed by atoms with Crippen molar-refractivity contribution in [3.63, 3.8) is 0 Å². The first-order valence-corrected chi connectivity index (χ1v) is 14.3. The van der Waals surface area contributed by atoms with E-state index in [0.717, 1.165) is 37.0 Å². The molecule has 0 aromatic heterocycles. The SMILES string of the molecule is CCCCCNC(=O)C(C)N(Cc1ccccc1)C(=O)COc1ccc(S(=O)(=O)Nc2ccc(F)cc2)cc1. The fourth-order valence-electron chi connectivity index (χ4n) is 3.77. The van der Waals surface area contributed by atoms with Crippen molar-refractivity contribution in [2.24, 2.45) is 0 Å². The zero-order chi connectivity index (χ0) is 28.3. The monoisotopic (exact) mass is 555 g/mol. The Labute approximate surface area is 229 Å². The number of hydrogen-bond donors (Lipinski definition) is 2. The zero-order valence-corrected chi connectivity index (χ0v) is 22.9. The molecule has 1 unspecified atom stereocenters. The number of sulfonamides is 1. The number of unbranched alkanes of at least 4 members (excludes halogenated alkanes) is 2. The average molecular weight is 556 g/mol. The van der Waals surface area contributed by atoms with Crippen molar-refractivity contribution in [3.8, 4) is 5.75 Å². The van der Waals surface area contributed by atoms with Gasteiger partial charge in [0.15, 0.2) is 6.61 Å². The molecule has 39 heavy (non-hydrogen) atoms. The van der Waals surface area contributed by atoms with Gasteiger partial charge in [0.1, 0.15) is 17.6 Å². The highest BCUT2D eigenvalue weighted by molar-refractivity contribution is 7.92. The van der Waals surface area contributed by atoms with E-state index in [1.807, 2.05) is 30.3 Å². The molecule has 3 rings (SSSR count). The first kappa shape index (κ1) is 29.6. The normalized spacial score (nSPS) is 11.9. The molecule has 1 atom stereocenters. The van der Waals surface area contributed by atoms with Crippen LogP contribution >= 0.6 is 0 Å². The average Bonchev–Trinajstić information content (AvgIpc) is 2.94. The minimum Gasteiger partial charge on any atom is -0.484 e. The second-order valence-corrected chi connectivity index (χ2v) is 10.7. The van der Waals surface area contributed by atoms with Gasteiger partial charge in [-0.3, -0.25) is 14.3 Å². The Kier molecular flexibility index (Phi) is 10.9. The van der Waals surface area contributed by atoms with Gasteiger partial charge in [0.05, 0.1) is 4.90 Å². The molecule has 10 heteroatoms. The third-order valence-electron chi connectivity index (χ3n) is 6.04. The lowest BCUT2D eigenvalue weighted by molar-refractivity contribution is -0.142. The number of nitrogens with zero attached hydrogens (tertiary/aromatic N) is 1. The molecule has 8 nitrogen and oxygen atoms in total. The summed E-state index contributed by atoms with van der Waals surface area (Å²) in [4.78, 5) is 27.4. The highest BCUT2D eigenvalue weighted by atomic mass is 32.2. The molecule has 0 heterocycles. The molecule has 3 aromatic rings. The summed E-state index contributed by atoms with van der Waals surface area (Å²) >= 11 is 0. The molecule has 0 spiro atoms. The van der Waals surface area contributed by atoms with Gasteiger partial charge in [-0.1, -0.05) is 50.1 Å². The molecule has 0 aliphatic rings. The van der Waals surface area contributed by atoms with Crippen molar-refractivity contribution in [2.45, 2.75) is 50.6 Å². The molecule has 0 saturated heterocycles. The molecule has 2 N–H and O–H groups in total. The third kappa shape index (κ3) is 9.10. The van der Waals surface area contributed by atoms with Crippen LogP contribution < -0.4 is 14.8 Å². The molecular formula is C29H34FN3O5S. The lowest BCUT2D eigenvalue weighted by Crippen LogP contribution is -2.49. The Hall–Kier alpha value is -3.92. The molecule has 3 aromatic carbocycles. The minimum absolute atomic E-state index is 0.0235. The van der Waals surface area contributed by atoms with Gasteiger partial charge < -0.3 is 15.0 Å². The van der Waals surface area contributed by atoms with Crippen LogP contribution in [-0.2, 0) is 26.2 Å². The standard InChI is InChI=1S/C29H34FN3O5S/c1-3-4-8-19-31-29(35)22(2)33(20-23-9-6-5-7-10-23)28(34)21-38-26-15-17-27(18-16-26)39(36,37)32-25-13-11-24(30)12-14-25/h5-7,9-18,22,32H,3-4,8,19-21H2,1-2H3,(H,31,35). The molecular weight excluding hydrogens is 521 g/mol. The number of anilines is 1. The first-order chi connectivity index (χ1) is 18.7. The van der Waals surface area contributed by atoms with E-state index in [0.29, 0.717) is 12.3 Å². The van der Waals surface area contributed by atoms with E-state index in [9.17, 15) is 22.4 Å². The fourth-order valence-corrected chi connectivity index (χ4v) is 4.83. The van der Waals surface area contributed by atoms with Crippen LogP contribution in [0.25, 0.3) is 0 Å². The van der Waals surface area contributed by atoms with Gasteiger partial charge in [-0.15, -0.1) is 0 Å². The van der Waals surface area contributed by atoms with E-state index < -0.39 is 21.9 Å². The van der Waals surface area contributed by atoms with Crippen molar-refractivity contribution in [1.29, 1.82) is 0 Å². The van der Waals surface area contributed by atoms with Gasteiger partial charge in [0, 0.05) is 18.8 Å². The molecule has 208 valence electrons. The summed E-state index contributed by atoms with van der Waals surface area (Å²) in [6.45, 7) is 4.22. The summed E-state index contributed by atoms with van der Waals surface area (Å²) in [6, 6.07) is 19.2. The quantitative estimate of drug-likeness (QED) is 0.280. The van der Waals surface area contributed by atoms with Gasteiger partial charge >= 0.3 is 0 Å². The number of ether oxygens (including phenoxy) is 1. The Morgan fingerprint density at radius 2 is 1.62 bits per heavy atom. The van der Waals surface area contributed by atoms with Crippen LogP contribution in [0.2, 0.25) is 0 Å². The summed E-state index contributed by atoms with van der Waals surface area (Å²) in [5.41, 5.74) is 1.10. The molecule has 2 amide bonds. The summed E-state index contributed by atoms with van der Waals surface area (Å²) in [6.07, 6.45) is 2.92. The largest absolute Gasteiger partial charge is 0.484 e. The molecule has 0 aliphatic heterocycles. The van der Waals surface area contributed by atoms with E-state index in [-0.39, 0.29) is 35.5 Å². The van der Waals surface area contributed by atoms with Crippen molar-refractivity contribution < 1.29 is 27.1 Å². The van der Waals surface area contributed by atoms with Crippen molar-refractivity contribution >= 4 is 27.5 Å². The number of carbonyl (C=O) groups excluding carboxylic acids is 2. The minimum atomic E-state index is -3.90. The maximum Gasteiger partial charge on any atom is 0.261 e. The van der Waals surface area contributed by atoms with Crippen LogP contribution in [0, 0.1) is 5.82 Å². The number of halogens is 1. The van der Waals surface area contributed by atoms with Gasteiger partial charge in [0.25, 0.3) is 15.9 Å². The molecule has 0 saturated carbocycles. The summed E-state index contributed by atoms with van der Waals surface area (Å²) in [5.74, 6) is -0.804. The fraction of sp³-hybridized carbons (Fsp3) is 0.310. The van der Waals surface area contributed by atoms with Gasteiger partial charge in [-0.05, 0) is 67.4 Å². The van der Waals surface area contributed by atoms with Crippen LogP contribution in [0.1, 0.15) is 38.7 Å². The topological polar surface area (TPSA) is 105 Å². The summed E-state index contributed by atoms with van der Waals surface area (Å²) < 4.78 is 46.4. The zero-order valence-electron chi connectivity index (χ0n) is 22.1. The lowest BCUT2D eigenvalue weighted by atomic mass is 10.1.